The number of aliphatic hydroxyl groups is 1. The van der Waals surface area contributed by atoms with E-state index >= 15 is 0 Å². The Balaban J connectivity index is 2.88. The van der Waals surface area contributed by atoms with Gasteiger partial charge < -0.3 is 5.11 Å². The Morgan fingerprint density at radius 1 is 1.42 bits per heavy atom. The molecular formula is C9H12BrNO. The first kappa shape index (κ1) is 9.68. The molecule has 0 bridgehead atoms. The fraction of sp³-hybridized carbons (Fsp3) is 0.444. The topological polar surface area (TPSA) is 33.1 Å². The second kappa shape index (κ2) is 4.01. The first-order valence-corrected chi connectivity index (χ1v) is 4.69. The van der Waals surface area contributed by atoms with Crippen LogP contribution in [0.3, 0.4) is 0 Å². The summed E-state index contributed by atoms with van der Waals surface area (Å²) in [5.74, 6) is 0.223. The van der Waals surface area contributed by atoms with E-state index < -0.39 is 6.10 Å². The SMILES string of the molecule is CC(C)[C@H](O)c1cncc(Br)c1. The molecule has 0 fully saturated rings. The molecule has 0 aromatic carbocycles. The molecule has 12 heavy (non-hydrogen) atoms. The number of hydrogen-bond acceptors (Lipinski definition) is 2. The highest BCUT2D eigenvalue weighted by Gasteiger charge is 2.11. The standard InChI is InChI=1S/C9H12BrNO/c1-6(2)9(12)7-3-8(10)5-11-4-7/h3-6,9,12H,1-2H3/t9-/m0/s1. The summed E-state index contributed by atoms with van der Waals surface area (Å²) < 4.78 is 0.903. The van der Waals surface area contributed by atoms with Crippen molar-refractivity contribution in [3.05, 3.63) is 28.5 Å². The monoisotopic (exact) mass is 229 g/mol. The molecule has 0 aliphatic carbocycles. The van der Waals surface area contributed by atoms with Gasteiger partial charge in [-0.25, -0.2) is 0 Å². The van der Waals surface area contributed by atoms with Crippen LogP contribution < -0.4 is 0 Å². The van der Waals surface area contributed by atoms with Crippen LogP contribution in [0.5, 0.6) is 0 Å². The van der Waals surface area contributed by atoms with Gasteiger partial charge in [0, 0.05) is 22.4 Å². The van der Waals surface area contributed by atoms with Gasteiger partial charge in [-0.1, -0.05) is 13.8 Å². The van der Waals surface area contributed by atoms with Gasteiger partial charge in [-0.3, -0.25) is 4.98 Å². The summed E-state index contributed by atoms with van der Waals surface area (Å²) >= 11 is 3.31. The lowest BCUT2D eigenvalue weighted by molar-refractivity contribution is 0.126. The van der Waals surface area contributed by atoms with Gasteiger partial charge in [0.2, 0.25) is 0 Å². The van der Waals surface area contributed by atoms with Gasteiger partial charge in [0.25, 0.3) is 0 Å². The molecule has 0 aliphatic rings. The number of pyridine rings is 1. The van der Waals surface area contributed by atoms with E-state index in [0.29, 0.717) is 0 Å². The normalized spacial score (nSPS) is 13.4. The molecule has 1 N–H and O–H groups in total. The zero-order valence-electron chi connectivity index (χ0n) is 7.16. The fourth-order valence-electron chi connectivity index (χ4n) is 0.975. The van der Waals surface area contributed by atoms with Crippen LogP contribution in [0, 0.1) is 5.92 Å². The summed E-state index contributed by atoms with van der Waals surface area (Å²) in [5, 5.41) is 9.66. The van der Waals surface area contributed by atoms with Crippen LogP contribution >= 0.6 is 15.9 Å². The number of aromatic nitrogens is 1. The molecular weight excluding hydrogens is 218 g/mol. The number of nitrogens with zero attached hydrogens (tertiary/aromatic N) is 1. The van der Waals surface area contributed by atoms with E-state index in [1.807, 2.05) is 19.9 Å². The molecule has 0 spiro atoms. The van der Waals surface area contributed by atoms with Crippen molar-refractivity contribution in [3.63, 3.8) is 0 Å². The number of halogens is 1. The van der Waals surface area contributed by atoms with Gasteiger partial charge in [-0.15, -0.1) is 0 Å². The molecule has 0 saturated heterocycles. The number of rotatable bonds is 2. The van der Waals surface area contributed by atoms with Crippen LogP contribution in [0.15, 0.2) is 22.9 Å². The highest BCUT2D eigenvalue weighted by atomic mass is 79.9. The third-order valence-electron chi connectivity index (χ3n) is 1.70. The molecule has 0 radical (unpaired) electrons. The molecule has 66 valence electrons. The highest BCUT2D eigenvalue weighted by Crippen LogP contribution is 2.22. The predicted octanol–water partition coefficient (Wildman–Crippen LogP) is 2.53. The van der Waals surface area contributed by atoms with E-state index in [1.165, 1.54) is 0 Å². The summed E-state index contributed by atoms with van der Waals surface area (Å²) in [4.78, 5) is 3.98. The minimum atomic E-state index is -0.421. The van der Waals surface area contributed by atoms with E-state index in [1.54, 1.807) is 12.4 Å². The Kier molecular flexibility index (Phi) is 3.23. The van der Waals surface area contributed by atoms with Gasteiger partial charge in [-0.2, -0.15) is 0 Å². The molecule has 0 saturated carbocycles. The first-order chi connectivity index (χ1) is 5.61. The van der Waals surface area contributed by atoms with Gasteiger partial charge in [0.1, 0.15) is 0 Å². The Morgan fingerprint density at radius 3 is 2.58 bits per heavy atom. The molecule has 1 aromatic rings. The molecule has 2 nitrogen and oxygen atoms in total. The van der Waals surface area contributed by atoms with Crippen LogP contribution in [-0.2, 0) is 0 Å². The molecule has 1 atom stereocenters. The average molecular weight is 230 g/mol. The lowest BCUT2D eigenvalue weighted by Gasteiger charge is -2.13. The van der Waals surface area contributed by atoms with Crippen molar-refractivity contribution in [2.75, 3.05) is 0 Å². The maximum Gasteiger partial charge on any atom is 0.0828 e. The maximum atomic E-state index is 9.66. The second-order valence-electron chi connectivity index (χ2n) is 3.13. The molecule has 1 rings (SSSR count). The molecule has 0 amide bonds. The van der Waals surface area contributed by atoms with Crippen LogP contribution in [0.1, 0.15) is 25.5 Å². The molecule has 1 heterocycles. The smallest absolute Gasteiger partial charge is 0.0828 e. The summed E-state index contributed by atoms with van der Waals surface area (Å²) in [6.45, 7) is 3.96. The van der Waals surface area contributed by atoms with Gasteiger partial charge in [0.15, 0.2) is 0 Å². The van der Waals surface area contributed by atoms with Gasteiger partial charge in [-0.05, 0) is 27.9 Å². The zero-order chi connectivity index (χ0) is 9.14. The van der Waals surface area contributed by atoms with Crippen molar-refractivity contribution < 1.29 is 5.11 Å². The quantitative estimate of drug-likeness (QED) is 0.846. The third-order valence-corrected chi connectivity index (χ3v) is 2.13. The van der Waals surface area contributed by atoms with Crippen molar-refractivity contribution in [2.45, 2.75) is 20.0 Å². The molecule has 0 aliphatic heterocycles. The molecule has 3 heteroatoms. The van der Waals surface area contributed by atoms with Crippen LogP contribution in [0.25, 0.3) is 0 Å². The lowest BCUT2D eigenvalue weighted by atomic mass is 10.0. The summed E-state index contributed by atoms with van der Waals surface area (Å²) in [5.41, 5.74) is 0.861. The van der Waals surface area contributed by atoms with Crippen LogP contribution in [-0.4, -0.2) is 10.1 Å². The van der Waals surface area contributed by atoms with E-state index in [9.17, 15) is 5.11 Å². The summed E-state index contributed by atoms with van der Waals surface area (Å²) in [6, 6.07) is 1.89. The fourth-order valence-corrected chi connectivity index (χ4v) is 1.36. The van der Waals surface area contributed by atoms with Gasteiger partial charge >= 0.3 is 0 Å². The Morgan fingerprint density at radius 2 is 2.08 bits per heavy atom. The van der Waals surface area contributed by atoms with Gasteiger partial charge in [0.05, 0.1) is 6.10 Å². The Bertz CT molecular complexity index is 262. The van der Waals surface area contributed by atoms with E-state index in [0.717, 1.165) is 10.0 Å². The Labute approximate surface area is 80.8 Å². The van der Waals surface area contributed by atoms with Crippen molar-refractivity contribution in [3.8, 4) is 0 Å². The average Bonchev–Trinajstić information content (AvgIpc) is 2.03. The predicted molar refractivity (Wildman–Crippen MR) is 51.7 cm³/mol. The highest BCUT2D eigenvalue weighted by molar-refractivity contribution is 9.10. The minimum Gasteiger partial charge on any atom is -0.388 e. The minimum absolute atomic E-state index is 0.223. The molecule has 0 unspecified atom stereocenters. The maximum absolute atomic E-state index is 9.66. The number of aliphatic hydroxyl groups excluding tert-OH is 1. The van der Waals surface area contributed by atoms with Crippen molar-refractivity contribution >= 4 is 15.9 Å². The van der Waals surface area contributed by atoms with Crippen LogP contribution in [0.4, 0.5) is 0 Å². The first-order valence-electron chi connectivity index (χ1n) is 3.89. The van der Waals surface area contributed by atoms with Crippen molar-refractivity contribution in [1.29, 1.82) is 0 Å². The van der Waals surface area contributed by atoms with Crippen molar-refractivity contribution in [2.24, 2.45) is 5.92 Å². The zero-order valence-corrected chi connectivity index (χ0v) is 8.75. The van der Waals surface area contributed by atoms with E-state index in [2.05, 4.69) is 20.9 Å². The van der Waals surface area contributed by atoms with Crippen molar-refractivity contribution in [1.82, 2.24) is 4.98 Å². The van der Waals surface area contributed by atoms with E-state index in [-0.39, 0.29) is 5.92 Å². The lowest BCUT2D eigenvalue weighted by Crippen LogP contribution is -2.05. The van der Waals surface area contributed by atoms with Crippen LogP contribution in [0.2, 0.25) is 0 Å². The molecule has 1 aromatic heterocycles. The number of hydrogen-bond donors (Lipinski definition) is 1. The third kappa shape index (κ3) is 2.29. The van der Waals surface area contributed by atoms with E-state index in [4.69, 9.17) is 0 Å². The summed E-state index contributed by atoms with van der Waals surface area (Å²) in [7, 11) is 0. The largest absolute Gasteiger partial charge is 0.388 e. The Hall–Kier alpha value is -0.410. The second-order valence-corrected chi connectivity index (χ2v) is 4.04. The summed E-state index contributed by atoms with van der Waals surface area (Å²) in [6.07, 6.45) is 2.97.